The van der Waals surface area contributed by atoms with Gasteiger partial charge in [-0.25, -0.2) is 4.98 Å². The molecular formula is C12H20Cl2N2S. The van der Waals surface area contributed by atoms with Gasteiger partial charge >= 0.3 is 0 Å². The number of alkyl halides is 1. The molecule has 0 aliphatic carbocycles. The summed E-state index contributed by atoms with van der Waals surface area (Å²) in [6.07, 6.45) is 3.68. The van der Waals surface area contributed by atoms with E-state index in [1.807, 2.05) is 0 Å². The van der Waals surface area contributed by atoms with Crippen molar-refractivity contribution in [2.75, 3.05) is 11.4 Å². The maximum atomic E-state index is 6.04. The average Bonchev–Trinajstić information content (AvgIpc) is 2.65. The maximum Gasteiger partial charge on any atom is 0.187 e. The lowest BCUT2D eigenvalue weighted by atomic mass is 10.2. The Morgan fingerprint density at radius 2 is 2.06 bits per heavy atom. The summed E-state index contributed by atoms with van der Waals surface area (Å²) in [4.78, 5) is 7.68. The molecule has 0 unspecified atom stereocenters. The molecule has 1 rings (SSSR count). The van der Waals surface area contributed by atoms with E-state index in [2.05, 4.69) is 30.7 Å². The molecule has 0 radical (unpaired) electrons. The summed E-state index contributed by atoms with van der Waals surface area (Å²) in [6.45, 7) is 7.62. The molecule has 0 saturated carbocycles. The highest BCUT2D eigenvalue weighted by molar-refractivity contribution is 7.16. The summed E-state index contributed by atoms with van der Waals surface area (Å²) in [5.74, 6) is 0.442. The highest BCUT2D eigenvalue weighted by atomic mass is 35.5. The summed E-state index contributed by atoms with van der Waals surface area (Å²) in [6, 6.07) is 0.442. The molecule has 98 valence electrons. The summed E-state index contributed by atoms with van der Waals surface area (Å²) in [7, 11) is 0. The molecule has 0 aromatic carbocycles. The monoisotopic (exact) mass is 294 g/mol. The summed E-state index contributed by atoms with van der Waals surface area (Å²) in [5.41, 5.74) is 0. The first-order valence-electron chi connectivity index (χ1n) is 6.08. The number of rotatable bonds is 7. The number of unbranched alkanes of at least 4 members (excludes halogenated alkanes) is 2. The molecule has 17 heavy (non-hydrogen) atoms. The first-order valence-corrected chi connectivity index (χ1v) is 7.80. The summed E-state index contributed by atoms with van der Waals surface area (Å²) < 4.78 is 0. The van der Waals surface area contributed by atoms with Crippen molar-refractivity contribution in [3.8, 4) is 0 Å². The van der Waals surface area contributed by atoms with Crippen LogP contribution in [0.15, 0.2) is 0 Å². The predicted molar refractivity (Wildman–Crippen MR) is 78.7 cm³/mol. The number of nitrogens with zero attached hydrogens (tertiary/aromatic N) is 2. The minimum atomic E-state index is 0.442. The number of aromatic nitrogens is 1. The van der Waals surface area contributed by atoms with Gasteiger partial charge in [-0.3, -0.25) is 0 Å². The third kappa shape index (κ3) is 4.31. The van der Waals surface area contributed by atoms with E-state index < -0.39 is 0 Å². The second-order valence-corrected chi connectivity index (χ2v) is 6.03. The molecule has 0 saturated heterocycles. The Morgan fingerprint density at radius 3 is 2.53 bits per heavy atom. The molecule has 1 aromatic heterocycles. The number of halogens is 2. The van der Waals surface area contributed by atoms with Crippen molar-refractivity contribution < 1.29 is 0 Å². The zero-order valence-corrected chi connectivity index (χ0v) is 13.0. The molecule has 0 spiro atoms. The minimum Gasteiger partial charge on any atom is -0.346 e. The maximum absolute atomic E-state index is 6.04. The van der Waals surface area contributed by atoms with Gasteiger partial charge in [-0.1, -0.05) is 42.7 Å². The van der Waals surface area contributed by atoms with Crippen LogP contribution >= 0.6 is 34.5 Å². The SMILES string of the molecule is CCCCCN(c1nc(Cl)c(CCl)s1)C(C)C. The Balaban J connectivity index is 2.74. The lowest BCUT2D eigenvalue weighted by Crippen LogP contribution is -2.31. The molecule has 5 heteroatoms. The van der Waals surface area contributed by atoms with Gasteiger partial charge in [0, 0.05) is 12.6 Å². The van der Waals surface area contributed by atoms with Crippen molar-refractivity contribution in [1.82, 2.24) is 4.98 Å². The molecule has 0 fully saturated rings. The summed E-state index contributed by atoms with van der Waals surface area (Å²) in [5, 5.41) is 1.55. The largest absolute Gasteiger partial charge is 0.346 e. The zero-order chi connectivity index (χ0) is 12.8. The molecule has 0 aliphatic rings. The second kappa shape index (κ2) is 7.45. The minimum absolute atomic E-state index is 0.442. The van der Waals surface area contributed by atoms with E-state index in [-0.39, 0.29) is 0 Å². The van der Waals surface area contributed by atoms with Crippen LogP contribution in [0.4, 0.5) is 5.13 Å². The van der Waals surface area contributed by atoms with Gasteiger partial charge in [-0.15, -0.1) is 11.6 Å². The quantitative estimate of drug-likeness (QED) is 0.523. The van der Waals surface area contributed by atoms with Crippen molar-refractivity contribution in [3.05, 3.63) is 10.0 Å². The number of anilines is 1. The van der Waals surface area contributed by atoms with Gasteiger partial charge in [0.2, 0.25) is 0 Å². The normalized spacial score (nSPS) is 11.2. The third-order valence-corrected chi connectivity index (χ3v) is 4.57. The molecule has 0 aliphatic heterocycles. The Labute approximate surface area is 118 Å². The van der Waals surface area contributed by atoms with E-state index in [4.69, 9.17) is 23.2 Å². The highest BCUT2D eigenvalue weighted by Crippen LogP contribution is 2.32. The van der Waals surface area contributed by atoms with E-state index in [1.54, 1.807) is 11.3 Å². The van der Waals surface area contributed by atoms with E-state index in [1.165, 1.54) is 19.3 Å². The first kappa shape index (κ1) is 15.1. The average molecular weight is 295 g/mol. The number of hydrogen-bond donors (Lipinski definition) is 0. The smallest absolute Gasteiger partial charge is 0.187 e. The number of hydrogen-bond acceptors (Lipinski definition) is 3. The predicted octanol–water partition coefficient (Wildman–Crippen LogP) is 4.94. The van der Waals surface area contributed by atoms with Crippen LogP contribution in [0.1, 0.15) is 44.9 Å². The third-order valence-electron chi connectivity index (χ3n) is 2.63. The van der Waals surface area contributed by atoms with Gasteiger partial charge in [0.25, 0.3) is 0 Å². The molecule has 1 heterocycles. The molecule has 0 N–H and O–H groups in total. The molecule has 0 atom stereocenters. The standard InChI is InChI=1S/C12H20Cl2N2S/c1-4-5-6-7-16(9(2)3)12-15-11(14)10(8-13)17-12/h9H,4-8H2,1-3H3. The molecule has 0 amide bonds. The number of thiazole rings is 1. The first-order chi connectivity index (χ1) is 8.10. The van der Waals surface area contributed by atoms with Crippen LogP contribution in [-0.4, -0.2) is 17.6 Å². The molecule has 2 nitrogen and oxygen atoms in total. The molecule has 1 aromatic rings. The zero-order valence-electron chi connectivity index (χ0n) is 10.7. The molecule has 0 bridgehead atoms. The lowest BCUT2D eigenvalue weighted by Gasteiger charge is -2.26. The van der Waals surface area contributed by atoms with Crippen LogP contribution in [-0.2, 0) is 5.88 Å². The van der Waals surface area contributed by atoms with E-state index >= 15 is 0 Å². The van der Waals surface area contributed by atoms with Crippen molar-refractivity contribution >= 4 is 39.7 Å². The van der Waals surface area contributed by atoms with Gasteiger partial charge in [-0.05, 0) is 20.3 Å². The Hall–Kier alpha value is 0.01000. The van der Waals surface area contributed by atoms with Gasteiger partial charge < -0.3 is 4.90 Å². The van der Waals surface area contributed by atoms with E-state index in [0.717, 1.165) is 16.6 Å². The van der Waals surface area contributed by atoms with Crippen molar-refractivity contribution in [2.24, 2.45) is 0 Å². The fourth-order valence-electron chi connectivity index (χ4n) is 1.63. The van der Waals surface area contributed by atoms with Crippen LogP contribution in [0.25, 0.3) is 0 Å². The van der Waals surface area contributed by atoms with Crippen molar-refractivity contribution in [3.63, 3.8) is 0 Å². The van der Waals surface area contributed by atoms with Crippen molar-refractivity contribution in [2.45, 2.75) is 52.0 Å². The second-order valence-electron chi connectivity index (χ2n) is 4.34. The van der Waals surface area contributed by atoms with Crippen LogP contribution in [0.3, 0.4) is 0 Å². The van der Waals surface area contributed by atoms with E-state index in [9.17, 15) is 0 Å². The van der Waals surface area contributed by atoms with Crippen LogP contribution < -0.4 is 4.90 Å². The van der Waals surface area contributed by atoms with Crippen LogP contribution in [0, 0.1) is 0 Å². The van der Waals surface area contributed by atoms with Gasteiger partial charge in [0.1, 0.15) is 5.15 Å². The van der Waals surface area contributed by atoms with Gasteiger partial charge in [-0.2, -0.15) is 0 Å². The van der Waals surface area contributed by atoms with E-state index in [0.29, 0.717) is 17.1 Å². The van der Waals surface area contributed by atoms with Gasteiger partial charge in [0.15, 0.2) is 5.13 Å². The fourth-order valence-corrected chi connectivity index (χ4v) is 3.27. The lowest BCUT2D eigenvalue weighted by molar-refractivity contribution is 0.624. The summed E-state index contributed by atoms with van der Waals surface area (Å²) >= 11 is 13.5. The Morgan fingerprint density at radius 1 is 1.35 bits per heavy atom. The van der Waals surface area contributed by atoms with Crippen LogP contribution in [0.2, 0.25) is 5.15 Å². The van der Waals surface area contributed by atoms with Gasteiger partial charge in [0.05, 0.1) is 10.8 Å². The topological polar surface area (TPSA) is 16.1 Å². The molecular weight excluding hydrogens is 275 g/mol. The highest BCUT2D eigenvalue weighted by Gasteiger charge is 2.16. The van der Waals surface area contributed by atoms with Crippen LogP contribution in [0.5, 0.6) is 0 Å². The fraction of sp³-hybridized carbons (Fsp3) is 0.750. The van der Waals surface area contributed by atoms with Crippen molar-refractivity contribution in [1.29, 1.82) is 0 Å². The Kier molecular flexibility index (Phi) is 6.60. The Bertz CT molecular complexity index is 339.